The van der Waals surface area contributed by atoms with Gasteiger partial charge in [-0.1, -0.05) is 0 Å². The van der Waals surface area contributed by atoms with Crippen molar-refractivity contribution in [3.8, 4) is 11.5 Å². The number of hydrogen-bond acceptors (Lipinski definition) is 5. The second-order valence-corrected chi connectivity index (χ2v) is 4.25. The van der Waals surface area contributed by atoms with Gasteiger partial charge >= 0.3 is 0 Å². The highest BCUT2D eigenvalue weighted by molar-refractivity contribution is 5.95. The Morgan fingerprint density at radius 1 is 1.48 bits per heavy atom. The first-order valence-electron chi connectivity index (χ1n) is 6.45. The second kappa shape index (κ2) is 6.60. The Bertz CT molecular complexity index is 661. The number of nitrogens with zero attached hydrogens (tertiary/aromatic N) is 1. The predicted octanol–water partition coefficient (Wildman–Crippen LogP) is 2.46. The number of ether oxygens (including phenoxy) is 1. The van der Waals surface area contributed by atoms with Gasteiger partial charge in [0.25, 0.3) is 5.91 Å². The molecule has 1 amide bonds. The van der Waals surface area contributed by atoms with Crippen molar-refractivity contribution in [1.29, 1.82) is 0 Å². The molecule has 0 saturated heterocycles. The highest BCUT2D eigenvalue weighted by Crippen LogP contribution is 2.26. The van der Waals surface area contributed by atoms with Crippen LogP contribution < -0.4 is 10.2 Å². The van der Waals surface area contributed by atoms with Crippen molar-refractivity contribution in [3.63, 3.8) is 0 Å². The molecule has 0 spiro atoms. The lowest BCUT2D eigenvalue weighted by molar-refractivity contribution is 0.0953. The van der Waals surface area contributed by atoms with E-state index in [-0.39, 0.29) is 11.7 Å². The number of furan rings is 1. The molecular formula is C15H16N2O4. The zero-order valence-electron chi connectivity index (χ0n) is 11.8. The Balaban J connectivity index is 2.03. The summed E-state index contributed by atoms with van der Waals surface area (Å²) in [4.78, 5) is 11.8. The highest BCUT2D eigenvalue weighted by Gasteiger charge is 2.09. The molecule has 0 aliphatic heterocycles. The molecule has 0 fully saturated rings. The van der Waals surface area contributed by atoms with Gasteiger partial charge in [0.2, 0.25) is 0 Å². The van der Waals surface area contributed by atoms with E-state index in [9.17, 15) is 9.90 Å². The smallest absolute Gasteiger partial charge is 0.274 e. The summed E-state index contributed by atoms with van der Waals surface area (Å²) >= 11 is 0. The lowest BCUT2D eigenvalue weighted by atomic mass is 10.2. The Morgan fingerprint density at radius 3 is 2.95 bits per heavy atom. The van der Waals surface area contributed by atoms with Gasteiger partial charge in [-0.25, -0.2) is 5.43 Å². The summed E-state index contributed by atoms with van der Waals surface area (Å²) in [5.41, 5.74) is 3.54. The maximum absolute atomic E-state index is 11.8. The van der Waals surface area contributed by atoms with E-state index in [2.05, 4.69) is 10.5 Å². The quantitative estimate of drug-likeness (QED) is 0.654. The topological polar surface area (TPSA) is 84.1 Å². The molecule has 0 saturated carbocycles. The molecular weight excluding hydrogens is 272 g/mol. The Labute approximate surface area is 122 Å². The summed E-state index contributed by atoms with van der Waals surface area (Å²) in [5.74, 6) is 0.623. The van der Waals surface area contributed by atoms with Crippen LogP contribution in [0.25, 0.3) is 0 Å². The van der Waals surface area contributed by atoms with Gasteiger partial charge in [0, 0.05) is 0 Å². The number of carbonyl (C=O) groups excluding carboxylic acids is 1. The summed E-state index contributed by atoms with van der Waals surface area (Å²) < 4.78 is 10.3. The molecule has 21 heavy (non-hydrogen) atoms. The van der Waals surface area contributed by atoms with Crippen molar-refractivity contribution >= 4 is 12.1 Å². The number of phenols is 1. The van der Waals surface area contributed by atoms with E-state index in [4.69, 9.17) is 9.15 Å². The summed E-state index contributed by atoms with van der Waals surface area (Å²) in [6, 6.07) is 6.39. The van der Waals surface area contributed by atoms with Crippen LogP contribution in [0.3, 0.4) is 0 Å². The molecule has 0 bridgehead atoms. The maximum Gasteiger partial charge on any atom is 0.274 e. The number of nitrogens with one attached hydrogen (secondary N) is 1. The van der Waals surface area contributed by atoms with Crippen LogP contribution in [0.5, 0.6) is 11.5 Å². The Morgan fingerprint density at radius 2 is 2.29 bits per heavy atom. The van der Waals surface area contributed by atoms with Crippen LogP contribution in [0.2, 0.25) is 0 Å². The molecule has 1 heterocycles. The van der Waals surface area contributed by atoms with E-state index in [0.717, 1.165) is 0 Å². The molecule has 0 atom stereocenters. The second-order valence-electron chi connectivity index (χ2n) is 4.25. The monoisotopic (exact) mass is 288 g/mol. The molecule has 110 valence electrons. The summed E-state index contributed by atoms with van der Waals surface area (Å²) in [6.07, 6.45) is 2.91. The third-order valence-electron chi connectivity index (χ3n) is 2.77. The first-order valence-corrected chi connectivity index (χ1v) is 6.45. The summed E-state index contributed by atoms with van der Waals surface area (Å²) in [7, 11) is 0. The number of aryl methyl sites for hydroxylation is 1. The van der Waals surface area contributed by atoms with Gasteiger partial charge in [0.05, 0.1) is 24.6 Å². The van der Waals surface area contributed by atoms with Crippen molar-refractivity contribution in [1.82, 2.24) is 5.43 Å². The first-order chi connectivity index (χ1) is 10.1. The molecule has 2 N–H and O–H groups in total. The van der Waals surface area contributed by atoms with E-state index in [1.54, 1.807) is 25.1 Å². The highest BCUT2D eigenvalue weighted by atomic mass is 16.5. The lowest BCUT2D eigenvalue weighted by Gasteiger charge is -2.05. The molecule has 0 aliphatic carbocycles. The number of phenolic OH excluding ortho intramolecular Hbond substituents is 1. The molecule has 2 rings (SSSR count). The standard InChI is InChI=1S/C15H16N2O4/c1-3-20-14-8-11(4-5-13(14)18)9-16-17-15(19)12-6-7-21-10(12)2/h4-9,18H,3H2,1-2H3,(H,17,19)/b16-9-. The number of carbonyl (C=O) groups is 1. The van der Waals surface area contributed by atoms with Crippen molar-refractivity contribution in [2.45, 2.75) is 13.8 Å². The van der Waals surface area contributed by atoms with Crippen LogP contribution >= 0.6 is 0 Å². The number of benzene rings is 1. The van der Waals surface area contributed by atoms with E-state index in [1.807, 2.05) is 6.92 Å². The number of hydrogen-bond donors (Lipinski definition) is 2. The van der Waals surface area contributed by atoms with Crippen LogP contribution in [0, 0.1) is 6.92 Å². The molecule has 0 aliphatic rings. The van der Waals surface area contributed by atoms with Crippen LogP contribution in [0.4, 0.5) is 0 Å². The first kappa shape index (κ1) is 14.6. The molecule has 6 nitrogen and oxygen atoms in total. The van der Waals surface area contributed by atoms with Gasteiger partial charge in [0.1, 0.15) is 5.76 Å². The minimum atomic E-state index is -0.346. The van der Waals surface area contributed by atoms with Gasteiger partial charge < -0.3 is 14.3 Å². The van der Waals surface area contributed by atoms with Crippen molar-refractivity contribution in [3.05, 3.63) is 47.4 Å². The van der Waals surface area contributed by atoms with Gasteiger partial charge in [-0.3, -0.25) is 4.79 Å². The molecule has 0 radical (unpaired) electrons. The largest absolute Gasteiger partial charge is 0.504 e. The number of aromatic hydroxyl groups is 1. The van der Waals surface area contributed by atoms with Crippen LogP contribution in [0.1, 0.15) is 28.6 Å². The molecule has 0 unspecified atom stereocenters. The van der Waals surface area contributed by atoms with E-state index in [0.29, 0.717) is 29.2 Å². The number of amides is 1. The minimum Gasteiger partial charge on any atom is -0.504 e. The Hall–Kier alpha value is -2.76. The zero-order valence-corrected chi connectivity index (χ0v) is 11.8. The SMILES string of the molecule is CCOc1cc(/C=N\NC(=O)c2ccoc2C)ccc1O. The van der Waals surface area contributed by atoms with Crippen LogP contribution in [-0.4, -0.2) is 23.8 Å². The fraction of sp³-hybridized carbons (Fsp3) is 0.200. The van der Waals surface area contributed by atoms with Crippen molar-refractivity contribution < 1.29 is 19.1 Å². The molecule has 1 aromatic carbocycles. The third kappa shape index (κ3) is 3.62. The van der Waals surface area contributed by atoms with E-state index < -0.39 is 0 Å². The van der Waals surface area contributed by atoms with Gasteiger partial charge in [-0.2, -0.15) is 5.10 Å². The predicted molar refractivity (Wildman–Crippen MR) is 77.8 cm³/mol. The Kier molecular flexibility index (Phi) is 4.61. The average Bonchev–Trinajstić information content (AvgIpc) is 2.89. The van der Waals surface area contributed by atoms with Gasteiger partial charge in [-0.15, -0.1) is 0 Å². The maximum atomic E-state index is 11.8. The average molecular weight is 288 g/mol. The molecule has 6 heteroatoms. The van der Waals surface area contributed by atoms with Crippen molar-refractivity contribution in [2.24, 2.45) is 5.10 Å². The zero-order chi connectivity index (χ0) is 15.2. The molecule has 2 aromatic rings. The fourth-order valence-electron chi connectivity index (χ4n) is 1.73. The molecule has 1 aromatic heterocycles. The lowest BCUT2D eigenvalue weighted by Crippen LogP contribution is -2.17. The van der Waals surface area contributed by atoms with Gasteiger partial charge in [0.15, 0.2) is 11.5 Å². The van der Waals surface area contributed by atoms with Crippen LogP contribution in [0.15, 0.2) is 40.0 Å². The normalized spacial score (nSPS) is 10.8. The van der Waals surface area contributed by atoms with Gasteiger partial charge in [-0.05, 0) is 43.7 Å². The van der Waals surface area contributed by atoms with E-state index >= 15 is 0 Å². The summed E-state index contributed by atoms with van der Waals surface area (Å²) in [6.45, 7) is 3.98. The summed E-state index contributed by atoms with van der Waals surface area (Å²) in [5, 5.41) is 13.5. The minimum absolute atomic E-state index is 0.0621. The number of rotatable bonds is 5. The number of hydrazone groups is 1. The fourth-order valence-corrected chi connectivity index (χ4v) is 1.73. The third-order valence-corrected chi connectivity index (χ3v) is 2.77. The van der Waals surface area contributed by atoms with Crippen molar-refractivity contribution in [2.75, 3.05) is 6.61 Å². The van der Waals surface area contributed by atoms with E-state index in [1.165, 1.54) is 18.5 Å². The van der Waals surface area contributed by atoms with Crippen LogP contribution in [-0.2, 0) is 0 Å².